The summed E-state index contributed by atoms with van der Waals surface area (Å²) < 4.78 is 11.3. The lowest BCUT2D eigenvalue weighted by atomic mass is 10.2. The Morgan fingerprint density at radius 1 is 1.26 bits per heavy atom. The van der Waals surface area contributed by atoms with Gasteiger partial charge in [0.1, 0.15) is 4.99 Å². The van der Waals surface area contributed by atoms with Crippen molar-refractivity contribution in [1.29, 1.82) is 0 Å². The summed E-state index contributed by atoms with van der Waals surface area (Å²) in [6, 6.07) is 5.54. The molecular formula is C14H22N2O2S. The fraction of sp³-hybridized carbons (Fsp3) is 0.500. The first-order valence-electron chi connectivity index (χ1n) is 6.38. The average Bonchev–Trinajstić information content (AvgIpc) is 2.35. The summed E-state index contributed by atoms with van der Waals surface area (Å²) >= 11 is 4.96. The number of thiocarbonyl (C=S) groups is 1. The minimum atomic E-state index is 0.361. The molecule has 0 saturated carbocycles. The van der Waals surface area contributed by atoms with Crippen molar-refractivity contribution in [2.45, 2.75) is 13.3 Å². The first-order chi connectivity index (χ1) is 9.04. The lowest BCUT2D eigenvalue weighted by molar-refractivity contribution is 0.258. The van der Waals surface area contributed by atoms with Crippen molar-refractivity contribution in [1.82, 2.24) is 4.90 Å². The Labute approximate surface area is 120 Å². The number of hydrogen-bond donors (Lipinski definition) is 1. The number of nitrogens with zero attached hydrogens (tertiary/aromatic N) is 1. The lowest BCUT2D eigenvalue weighted by Crippen LogP contribution is -2.16. The molecule has 5 heteroatoms. The molecule has 0 aliphatic carbocycles. The summed E-state index contributed by atoms with van der Waals surface area (Å²) in [5, 5.41) is 0. The molecule has 0 aromatic heterocycles. The Morgan fingerprint density at radius 2 is 2.00 bits per heavy atom. The van der Waals surface area contributed by atoms with Crippen molar-refractivity contribution in [2.75, 3.05) is 33.9 Å². The zero-order valence-electron chi connectivity index (χ0n) is 11.8. The van der Waals surface area contributed by atoms with E-state index in [4.69, 9.17) is 27.4 Å². The molecule has 106 valence electrons. The van der Waals surface area contributed by atoms with Gasteiger partial charge in [0.2, 0.25) is 0 Å². The van der Waals surface area contributed by atoms with E-state index >= 15 is 0 Å². The SMILES string of the molecule is CCOc1cc(C(N)=S)ccc1OCCCN(C)C. The first kappa shape index (κ1) is 15.7. The number of ether oxygens (including phenoxy) is 2. The molecule has 4 nitrogen and oxygen atoms in total. The van der Waals surface area contributed by atoms with Gasteiger partial charge in [0.15, 0.2) is 11.5 Å². The van der Waals surface area contributed by atoms with Crippen LogP contribution in [0.3, 0.4) is 0 Å². The van der Waals surface area contributed by atoms with Crippen molar-refractivity contribution >= 4 is 17.2 Å². The smallest absolute Gasteiger partial charge is 0.161 e. The maximum atomic E-state index is 5.74. The van der Waals surface area contributed by atoms with Crippen LogP contribution in [0, 0.1) is 0 Å². The molecule has 0 amide bonds. The van der Waals surface area contributed by atoms with E-state index < -0.39 is 0 Å². The second kappa shape index (κ2) is 7.96. The Morgan fingerprint density at radius 3 is 2.58 bits per heavy atom. The predicted octanol–water partition coefficient (Wildman–Crippen LogP) is 2.05. The summed E-state index contributed by atoms with van der Waals surface area (Å²) in [5.74, 6) is 1.43. The van der Waals surface area contributed by atoms with Crippen LogP contribution >= 0.6 is 12.2 Å². The van der Waals surface area contributed by atoms with Crippen molar-refractivity contribution < 1.29 is 9.47 Å². The summed E-state index contributed by atoms with van der Waals surface area (Å²) in [7, 11) is 4.09. The number of rotatable bonds is 8. The third-order valence-corrected chi connectivity index (χ3v) is 2.77. The topological polar surface area (TPSA) is 47.7 Å². The maximum Gasteiger partial charge on any atom is 0.161 e. The lowest BCUT2D eigenvalue weighted by Gasteiger charge is -2.14. The molecule has 0 atom stereocenters. The quantitative estimate of drug-likeness (QED) is 0.584. The van der Waals surface area contributed by atoms with Gasteiger partial charge in [0.25, 0.3) is 0 Å². The highest BCUT2D eigenvalue weighted by Crippen LogP contribution is 2.28. The van der Waals surface area contributed by atoms with Crippen LogP contribution in [0.2, 0.25) is 0 Å². The van der Waals surface area contributed by atoms with Gasteiger partial charge in [-0.25, -0.2) is 0 Å². The van der Waals surface area contributed by atoms with Crippen LogP contribution in [0.15, 0.2) is 18.2 Å². The van der Waals surface area contributed by atoms with E-state index in [-0.39, 0.29) is 0 Å². The highest BCUT2D eigenvalue weighted by atomic mass is 32.1. The van der Waals surface area contributed by atoms with Gasteiger partial charge >= 0.3 is 0 Å². The molecule has 0 heterocycles. The van der Waals surface area contributed by atoms with Gasteiger partial charge in [0.05, 0.1) is 13.2 Å². The maximum absolute atomic E-state index is 5.74. The van der Waals surface area contributed by atoms with Gasteiger partial charge in [-0.05, 0) is 45.6 Å². The average molecular weight is 282 g/mol. The van der Waals surface area contributed by atoms with Crippen molar-refractivity contribution in [2.24, 2.45) is 5.73 Å². The minimum Gasteiger partial charge on any atom is -0.490 e. The Bertz CT molecular complexity index is 422. The van der Waals surface area contributed by atoms with Crippen LogP contribution in [0.1, 0.15) is 18.9 Å². The van der Waals surface area contributed by atoms with Crippen LogP contribution in [0.4, 0.5) is 0 Å². The largest absolute Gasteiger partial charge is 0.490 e. The number of benzene rings is 1. The third kappa shape index (κ3) is 5.44. The predicted molar refractivity (Wildman–Crippen MR) is 82.2 cm³/mol. The van der Waals surface area contributed by atoms with Gasteiger partial charge in [0, 0.05) is 12.1 Å². The zero-order valence-corrected chi connectivity index (χ0v) is 12.6. The Hall–Kier alpha value is -1.33. The molecular weight excluding hydrogens is 260 g/mol. The second-order valence-electron chi connectivity index (χ2n) is 4.46. The Balaban J connectivity index is 2.68. The summed E-state index contributed by atoms with van der Waals surface area (Å²) in [5.41, 5.74) is 6.40. The third-order valence-electron chi connectivity index (χ3n) is 2.54. The van der Waals surface area contributed by atoms with Crippen LogP contribution in [0.25, 0.3) is 0 Å². The normalized spacial score (nSPS) is 10.5. The molecule has 0 aliphatic rings. The summed E-state index contributed by atoms with van der Waals surface area (Å²) in [6.45, 7) is 4.16. The number of nitrogens with two attached hydrogens (primary N) is 1. The first-order valence-corrected chi connectivity index (χ1v) is 6.79. The fourth-order valence-corrected chi connectivity index (χ4v) is 1.74. The second-order valence-corrected chi connectivity index (χ2v) is 4.90. The van der Waals surface area contributed by atoms with E-state index in [9.17, 15) is 0 Å². The van der Waals surface area contributed by atoms with Crippen LogP contribution in [-0.2, 0) is 0 Å². The molecule has 0 radical (unpaired) electrons. The monoisotopic (exact) mass is 282 g/mol. The van der Waals surface area contributed by atoms with E-state index in [1.165, 1.54) is 0 Å². The van der Waals surface area contributed by atoms with Gasteiger partial charge in [-0.2, -0.15) is 0 Å². The number of hydrogen-bond acceptors (Lipinski definition) is 4. The molecule has 0 aliphatic heterocycles. The zero-order chi connectivity index (χ0) is 14.3. The molecule has 0 saturated heterocycles. The molecule has 0 unspecified atom stereocenters. The molecule has 1 aromatic carbocycles. The van der Waals surface area contributed by atoms with Gasteiger partial charge in [-0.1, -0.05) is 12.2 Å². The fourth-order valence-electron chi connectivity index (χ4n) is 1.61. The van der Waals surface area contributed by atoms with Gasteiger partial charge in [-0.3, -0.25) is 0 Å². The van der Waals surface area contributed by atoms with Crippen molar-refractivity contribution in [3.8, 4) is 11.5 Å². The molecule has 1 rings (SSSR count). The van der Waals surface area contributed by atoms with E-state index in [2.05, 4.69) is 4.90 Å². The standard InChI is InChI=1S/C14H22N2O2S/c1-4-17-13-10-11(14(15)19)6-7-12(13)18-9-5-8-16(2)3/h6-7,10H,4-5,8-9H2,1-3H3,(H2,15,19). The molecule has 1 aromatic rings. The van der Waals surface area contributed by atoms with E-state index in [0.717, 1.165) is 24.3 Å². The highest BCUT2D eigenvalue weighted by molar-refractivity contribution is 7.80. The van der Waals surface area contributed by atoms with Gasteiger partial charge in [-0.15, -0.1) is 0 Å². The van der Waals surface area contributed by atoms with Crippen molar-refractivity contribution in [3.63, 3.8) is 0 Å². The van der Waals surface area contributed by atoms with E-state index in [1.807, 2.05) is 39.2 Å². The van der Waals surface area contributed by atoms with E-state index in [1.54, 1.807) is 0 Å². The molecule has 19 heavy (non-hydrogen) atoms. The molecule has 2 N–H and O–H groups in total. The Kier molecular flexibility index (Phi) is 6.59. The van der Waals surface area contributed by atoms with Gasteiger partial charge < -0.3 is 20.1 Å². The van der Waals surface area contributed by atoms with Crippen LogP contribution in [-0.4, -0.2) is 43.7 Å². The summed E-state index contributed by atoms with van der Waals surface area (Å²) in [4.78, 5) is 2.49. The van der Waals surface area contributed by atoms with E-state index in [0.29, 0.717) is 24.0 Å². The summed E-state index contributed by atoms with van der Waals surface area (Å²) in [6.07, 6.45) is 0.968. The molecule has 0 fully saturated rings. The minimum absolute atomic E-state index is 0.361. The molecule has 0 bridgehead atoms. The van der Waals surface area contributed by atoms with Crippen LogP contribution in [0.5, 0.6) is 11.5 Å². The van der Waals surface area contributed by atoms with Crippen LogP contribution < -0.4 is 15.2 Å². The highest BCUT2D eigenvalue weighted by Gasteiger charge is 2.07. The van der Waals surface area contributed by atoms with Crippen molar-refractivity contribution in [3.05, 3.63) is 23.8 Å². The molecule has 0 spiro atoms.